The van der Waals surface area contributed by atoms with Crippen LogP contribution in [0.1, 0.15) is 41.6 Å². The molecule has 0 aliphatic heterocycles. The average molecular weight is 398 g/mol. The van der Waals surface area contributed by atoms with Crippen molar-refractivity contribution >= 4 is 44.9 Å². The number of carbonyl (C=O) groups excluding carboxylic acids is 1. The predicted molar refractivity (Wildman–Crippen MR) is 114 cm³/mol. The first-order valence-electron chi connectivity index (χ1n) is 9.34. The number of hydrogen-bond donors (Lipinski definition) is 1. The van der Waals surface area contributed by atoms with Crippen molar-refractivity contribution in [2.24, 2.45) is 0 Å². The number of fused-ring (bicyclic) bond motifs is 3. The quantitative estimate of drug-likeness (QED) is 0.479. The minimum absolute atomic E-state index is 0.000822. The number of rotatable bonds is 4. The highest BCUT2D eigenvalue weighted by molar-refractivity contribution is 8.00. The van der Waals surface area contributed by atoms with Gasteiger partial charge in [-0.25, -0.2) is 9.97 Å². The van der Waals surface area contributed by atoms with Crippen LogP contribution >= 0.6 is 23.1 Å². The molecule has 0 spiro atoms. The number of hydrogen-bond acceptors (Lipinski definition) is 5. The molecule has 2 aromatic heterocycles. The van der Waals surface area contributed by atoms with Crippen molar-refractivity contribution < 1.29 is 4.79 Å². The number of thiophene rings is 1. The SMILES string of the molecule is Cc1cccc(NC(=O)[C@@H](C)Sc2nc(C)nc3sc4c(c23)CCCC4)c1. The van der Waals surface area contributed by atoms with Gasteiger partial charge in [0, 0.05) is 16.0 Å². The van der Waals surface area contributed by atoms with Crippen LogP contribution in [0.4, 0.5) is 5.69 Å². The molecule has 2 heterocycles. The van der Waals surface area contributed by atoms with E-state index in [1.807, 2.05) is 45.0 Å². The second kappa shape index (κ2) is 7.60. The van der Waals surface area contributed by atoms with E-state index in [-0.39, 0.29) is 11.2 Å². The van der Waals surface area contributed by atoms with Gasteiger partial charge in [-0.1, -0.05) is 23.9 Å². The van der Waals surface area contributed by atoms with Crippen LogP contribution in [0.25, 0.3) is 10.2 Å². The second-order valence-corrected chi connectivity index (χ2v) is 9.50. The Morgan fingerprint density at radius 3 is 2.85 bits per heavy atom. The number of thioether (sulfide) groups is 1. The summed E-state index contributed by atoms with van der Waals surface area (Å²) in [5.41, 5.74) is 3.38. The van der Waals surface area contributed by atoms with Gasteiger partial charge in [0.15, 0.2) is 0 Å². The first-order valence-corrected chi connectivity index (χ1v) is 11.0. The lowest BCUT2D eigenvalue weighted by molar-refractivity contribution is -0.115. The van der Waals surface area contributed by atoms with Crippen LogP contribution in [0.5, 0.6) is 0 Å². The van der Waals surface area contributed by atoms with E-state index in [9.17, 15) is 4.79 Å². The van der Waals surface area contributed by atoms with Gasteiger partial charge in [-0.3, -0.25) is 4.79 Å². The van der Waals surface area contributed by atoms with Crippen LogP contribution in [0.2, 0.25) is 0 Å². The zero-order valence-electron chi connectivity index (χ0n) is 15.8. The molecule has 0 saturated carbocycles. The number of aromatic nitrogens is 2. The number of nitrogens with zero attached hydrogens (tertiary/aromatic N) is 2. The van der Waals surface area contributed by atoms with Gasteiger partial charge in [0.05, 0.1) is 5.25 Å². The molecule has 140 valence electrons. The Bertz CT molecular complexity index is 1010. The fraction of sp³-hybridized carbons (Fsp3) is 0.381. The summed E-state index contributed by atoms with van der Waals surface area (Å²) in [6.07, 6.45) is 4.71. The maximum absolute atomic E-state index is 12.7. The van der Waals surface area contributed by atoms with E-state index in [1.165, 1.54) is 40.4 Å². The maximum atomic E-state index is 12.7. The molecule has 3 aromatic rings. The number of anilines is 1. The van der Waals surface area contributed by atoms with Crippen molar-refractivity contribution in [3.8, 4) is 0 Å². The average Bonchev–Trinajstić information content (AvgIpc) is 2.99. The first kappa shape index (κ1) is 18.4. The standard InChI is InChI=1S/C21H23N3OS2/c1-12-7-6-8-15(11-12)24-19(25)13(2)26-20-18-16-9-4-5-10-17(16)27-21(18)23-14(3)22-20/h6-8,11,13H,4-5,9-10H2,1-3H3,(H,24,25)/t13-/m1/s1. The van der Waals surface area contributed by atoms with E-state index in [1.54, 1.807) is 11.3 Å². The molecule has 1 aromatic carbocycles. The molecule has 1 N–H and O–H groups in total. The first-order chi connectivity index (χ1) is 13.0. The minimum Gasteiger partial charge on any atom is -0.325 e. The van der Waals surface area contributed by atoms with Gasteiger partial charge in [-0.05, 0) is 69.7 Å². The fourth-order valence-corrected chi connectivity index (χ4v) is 5.89. The third-order valence-electron chi connectivity index (χ3n) is 4.84. The van der Waals surface area contributed by atoms with Crippen LogP contribution in [0, 0.1) is 13.8 Å². The Kier molecular flexibility index (Phi) is 5.19. The number of amides is 1. The molecule has 1 aliphatic rings. The fourth-order valence-electron chi connectivity index (χ4n) is 3.50. The topological polar surface area (TPSA) is 54.9 Å². The highest BCUT2D eigenvalue weighted by Gasteiger charge is 2.23. The van der Waals surface area contributed by atoms with Crippen LogP contribution < -0.4 is 5.32 Å². The monoisotopic (exact) mass is 397 g/mol. The number of benzene rings is 1. The largest absolute Gasteiger partial charge is 0.325 e. The normalized spacial score (nSPS) is 14.8. The van der Waals surface area contributed by atoms with E-state index in [2.05, 4.69) is 10.3 Å². The van der Waals surface area contributed by atoms with Gasteiger partial charge in [0.25, 0.3) is 0 Å². The molecule has 4 rings (SSSR count). The lowest BCUT2D eigenvalue weighted by atomic mass is 9.97. The molecule has 1 amide bonds. The van der Waals surface area contributed by atoms with Crippen LogP contribution in [0.3, 0.4) is 0 Å². The van der Waals surface area contributed by atoms with E-state index >= 15 is 0 Å². The molecule has 0 fully saturated rings. The zero-order valence-corrected chi connectivity index (χ0v) is 17.5. The van der Waals surface area contributed by atoms with Crippen LogP contribution in [-0.4, -0.2) is 21.1 Å². The van der Waals surface area contributed by atoms with Crippen molar-refractivity contribution in [1.29, 1.82) is 0 Å². The number of aryl methyl sites for hydroxylation is 4. The molecule has 0 unspecified atom stereocenters. The van der Waals surface area contributed by atoms with Gasteiger partial charge < -0.3 is 5.32 Å². The van der Waals surface area contributed by atoms with Crippen LogP contribution in [0.15, 0.2) is 29.3 Å². The molecular formula is C21H23N3OS2. The van der Waals surface area contributed by atoms with Crippen molar-refractivity contribution in [3.63, 3.8) is 0 Å². The maximum Gasteiger partial charge on any atom is 0.237 e. The summed E-state index contributed by atoms with van der Waals surface area (Å²) in [6.45, 7) is 5.89. The Morgan fingerprint density at radius 1 is 1.22 bits per heavy atom. The predicted octanol–water partition coefficient (Wildman–Crippen LogP) is 5.31. The smallest absolute Gasteiger partial charge is 0.237 e. The van der Waals surface area contributed by atoms with Gasteiger partial charge >= 0.3 is 0 Å². The minimum atomic E-state index is -0.234. The highest BCUT2D eigenvalue weighted by atomic mass is 32.2. The van der Waals surface area contributed by atoms with Crippen molar-refractivity contribution in [1.82, 2.24) is 9.97 Å². The molecule has 4 nitrogen and oxygen atoms in total. The molecule has 1 atom stereocenters. The molecule has 0 bridgehead atoms. The molecule has 6 heteroatoms. The van der Waals surface area contributed by atoms with Gasteiger partial charge in [0.2, 0.25) is 5.91 Å². The van der Waals surface area contributed by atoms with E-state index in [0.29, 0.717) is 0 Å². The lowest BCUT2D eigenvalue weighted by Crippen LogP contribution is -2.22. The Hall–Kier alpha value is -1.92. The van der Waals surface area contributed by atoms with Gasteiger partial charge in [-0.15, -0.1) is 11.3 Å². The molecule has 0 saturated heterocycles. The Labute approximate surface area is 167 Å². The van der Waals surface area contributed by atoms with Gasteiger partial charge in [0.1, 0.15) is 15.7 Å². The molecular weight excluding hydrogens is 374 g/mol. The number of nitrogens with one attached hydrogen (secondary N) is 1. The summed E-state index contributed by atoms with van der Waals surface area (Å²) in [5, 5.41) is 4.92. The number of carbonyl (C=O) groups is 1. The van der Waals surface area contributed by atoms with Gasteiger partial charge in [-0.2, -0.15) is 0 Å². The lowest BCUT2D eigenvalue weighted by Gasteiger charge is -2.15. The molecule has 1 aliphatic carbocycles. The van der Waals surface area contributed by atoms with E-state index in [0.717, 1.165) is 39.8 Å². The molecule has 0 radical (unpaired) electrons. The summed E-state index contributed by atoms with van der Waals surface area (Å²) in [6, 6.07) is 7.88. The summed E-state index contributed by atoms with van der Waals surface area (Å²) < 4.78 is 0. The van der Waals surface area contributed by atoms with Crippen molar-refractivity contribution in [3.05, 3.63) is 46.1 Å². The summed E-state index contributed by atoms with van der Waals surface area (Å²) in [7, 11) is 0. The zero-order chi connectivity index (χ0) is 19.0. The Morgan fingerprint density at radius 2 is 2.04 bits per heavy atom. The van der Waals surface area contributed by atoms with Crippen molar-refractivity contribution in [2.45, 2.75) is 56.7 Å². The van der Waals surface area contributed by atoms with E-state index in [4.69, 9.17) is 4.98 Å². The summed E-state index contributed by atoms with van der Waals surface area (Å²) in [4.78, 5) is 24.6. The second-order valence-electron chi connectivity index (χ2n) is 7.09. The Balaban J connectivity index is 1.60. The van der Waals surface area contributed by atoms with Crippen LogP contribution in [-0.2, 0) is 17.6 Å². The summed E-state index contributed by atoms with van der Waals surface area (Å²) >= 11 is 3.34. The third kappa shape index (κ3) is 3.87. The highest BCUT2D eigenvalue weighted by Crippen LogP contribution is 2.40. The van der Waals surface area contributed by atoms with E-state index < -0.39 is 0 Å². The molecule has 27 heavy (non-hydrogen) atoms. The third-order valence-corrected chi connectivity index (χ3v) is 7.11. The summed E-state index contributed by atoms with van der Waals surface area (Å²) in [5.74, 6) is 0.772. The van der Waals surface area contributed by atoms with Crippen molar-refractivity contribution in [2.75, 3.05) is 5.32 Å².